The number of rotatable bonds is 6. The molecule has 0 rings (SSSR count). The monoisotopic (exact) mass is 282 g/mol. The molecule has 0 aliphatic carbocycles. The highest BCUT2D eigenvalue weighted by molar-refractivity contribution is 7.53. The standard InChI is InChI=1S/C10H23O5PSi/c1-8-13-16(4,12)15-10(2,3)9(11)14-17(5,6)7/h8H2,1-7H3. The van der Waals surface area contributed by atoms with Crippen LogP contribution in [-0.4, -0.2) is 33.2 Å². The first-order valence-electron chi connectivity index (χ1n) is 5.56. The van der Waals surface area contributed by atoms with Gasteiger partial charge in [0.25, 0.3) is 0 Å². The molecule has 0 N–H and O–H groups in total. The Morgan fingerprint density at radius 1 is 1.29 bits per heavy atom. The fraction of sp³-hybridized carbons (Fsp3) is 0.900. The highest BCUT2D eigenvalue weighted by Crippen LogP contribution is 2.47. The van der Waals surface area contributed by atoms with E-state index in [1.54, 1.807) is 6.92 Å². The van der Waals surface area contributed by atoms with Gasteiger partial charge < -0.3 is 8.95 Å². The molecule has 0 heterocycles. The number of carbonyl (C=O) groups excluding carboxylic acids is 1. The Bertz CT molecular complexity index is 321. The van der Waals surface area contributed by atoms with Crippen LogP contribution in [0.5, 0.6) is 0 Å². The Hall–Kier alpha value is -0.163. The van der Waals surface area contributed by atoms with E-state index in [0.717, 1.165) is 0 Å². The minimum atomic E-state index is -3.22. The molecule has 0 bridgehead atoms. The van der Waals surface area contributed by atoms with Crippen LogP contribution in [0.4, 0.5) is 0 Å². The van der Waals surface area contributed by atoms with Gasteiger partial charge in [0.15, 0.2) is 5.60 Å². The molecule has 0 spiro atoms. The molecule has 1 unspecified atom stereocenters. The number of hydrogen-bond acceptors (Lipinski definition) is 5. The van der Waals surface area contributed by atoms with Crippen LogP contribution in [0.15, 0.2) is 0 Å². The molecule has 7 heteroatoms. The van der Waals surface area contributed by atoms with Gasteiger partial charge in [-0.15, -0.1) is 0 Å². The second-order valence-corrected chi connectivity index (χ2v) is 11.7. The van der Waals surface area contributed by atoms with E-state index in [9.17, 15) is 9.36 Å². The third kappa shape index (κ3) is 6.98. The van der Waals surface area contributed by atoms with Gasteiger partial charge in [-0.25, -0.2) is 0 Å². The molecule has 102 valence electrons. The summed E-state index contributed by atoms with van der Waals surface area (Å²) < 4.78 is 27.4. The van der Waals surface area contributed by atoms with Crippen LogP contribution < -0.4 is 0 Å². The Balaban J connectivity index is 4.68. The summed E-state index contributed by atoms with van der Waals surface area (Å²) in [6, 6.07) is 0. The summed E-state index contributed by atoms with van der Waals surface area (Å²) in [5.41, 5.74) is -1.26. The van der Waals surface area contributed by atoms with Gasteiger partial charge >= 0.3 is 13.6 Å². The molecule has 5 nitrogen and oxygen atoms in total. The highest BCUT2D eigenvalue weighted by atomic mass is 31.2. The maximum atomic E-state index is 11.9. The van der Waals surface area contributed by atoms with Crippen molar-refractivity contribution in [2.75, 3.05) is 13.3 Å². The molecular formula is C10H23O5PSi. The lowest BCUT2D eigenvalue weighted by Crippen LogP contribution is -2.42. The van der Waals surface area contributed by atoms with Crippen molar-refractivity contribution < 1.29 is 22.8 Å². The first-order valence-corrected chi connectivity index (χ1v) is 11.0. The summed E-state index contributed by atoms with van der Waals surface area (Å²) in [7, 11) is -5.20. The van der Waals surface area contributed by atoms with Crippen molar-refractivity contribution in [3.05, 3.63) is 0 Å². The lowest BCUT2D eigenvalue weighted by molar-refractivity contribution is -0.150. The third-order valence-electron chi connectivity index (χ3n) is 1.65. The van der Waals surface area contributed by atoms with Gasteiger partial charge in [-0.05, 0) is 40.4 Å². The summed E-state index contributed by atoms with van der Waals surface area (Å²) in [5, 5.41) is 0. The van der Waals surface area contributed by atoms with E-state index in [2.05, 4.69) is 0 Å². The fourth-order valence-corrected chi connectivity index (χ4v) is 3.34. The van der Waals surface area contributed by atoms with Crippen LogP contribution in [0.25, 0.3) is 0 Å². The van der Waals surface area contributed by atoms with E-state index in [-0.39, 0.29) is 6.61 Å². The topological polar surface area (TPSA) is 61.8 Å². The Kier molecular flexibility index (Phi) is 5.60. The Morgan fingerprint density at radius 2 is 1.76 bits per heavy atom. The van der Waals surface area contributed by atoms with Gasteiger partial charge in [-0.2, -0.15) is 0 Å². The lowest BCUT2D eigenvalue weighted by atomic mass is 10.1. The van der Waals surface area contributed by atoms with Crippen LogP contribution in [0, 0.1) is 0 Å². The highest BCUT2D eigenvalue weighted by Gasteiger charge is 2.39. The van der Waals surface area contributed by atoms with Crippen molar-refractivity contribution in [2.24, 2.45) is 0 Å². The third-order valence-corrected chi connectivity index (χ3v) is 3.96. The number of carbonyl (C=O) groups is 1. The molecule has 0 saturated heterocycles. The molecule has 0 radical (unpaired) electrons. The van der Waals surface area contributed by atoms with Crippen LogP contribution in [0.3, 0.4) is 0 Å². The van der Waals surface area contributed by atoms with Gasteiger partial charge in [0.05, 0.1) is 6.61 Å². The summed E-state index contributed by atoms with van der Waals surface area (Å²) in [5.74, 6) is -0.501. The van der Waals surface area contributed by atoms with Crippen molar-refractivity contribution in [3.8, 4) is 0 Å². The van der Waals surface area contributed by atoms with Crippen LogP contribution in [-0.2, 0) is 22.8 Å². The zero-order chi connectivity index (χ0) is 13.9. The SMILES string of the molecule is CCOP(C)(=O)OC(C)(C)C(=O)O[Si](C)(C)C. The predicted octanol–water partition coefficient (Wildman–Crippen LogP) is 3.02. The molecule has 17 heavy (non-hydrogen) atoms. The van der Waals surface area contributed by atoms with E-state index in [1.165, 1.54) is 20.5 Å². The zero-order valence-corrected chi connectivity index (χ0v) is 13.6. The minimum absolute atomic E-state index is 0.271. The minimum Gasteiger partial charge on any atom is -0.518 e. The van der Waals surface area contributed by atoms with Gasteiger partial charge in [0.2, 0.25) is 8.32 Å². The molecule has 0 aliphatic heterocycles. The Labute approximate surface area is 104 Å². The van der Waals surface area contributed by atoms with Crippen molar-refractivity contribution in [1.29, 1.82) is 0 Å². The molecule has 0 aliphatic rings. The van der Waals surface area contributed by atoms with Gasteiger partial charge in [-0.1, -0.05) is 0 Å². The fourth-order valence-electron chi connectivity index (χ4n) is 1.11. The van der Waals surface area contributed by atoms with Crippen molar-refractivity contribution >= 4 is 21.9 Å². The summed E-state index contributed by atoms with van der Waals surface area (Å²) >= 11 is 0. The molecule has 0 aromatic carbocycles. The average Bonchev–Trinajstić information content (AvgIpc) is 1.97. The second kappa shape index (κ2) is 5.65. The van der Waals surface area contributed by atoms with Crippen molar-refractivity contribution in [1.82, 2.24) is 0 Å². The van der Waals surface area contributed by atoms with Crippen molar-refractivity contribution in [3.63, 3.8) is 0 Å². The van der Waals surface area contributed by atoms with Crippen molar-refractivity contribution in [2.45, 2.75) is 46.0 Å². The zero-order valence-electron chi connectivity index (χ0n) is 11.7. The molecule has 0 aromatic rings. The van der Waals surface area contributed by atoms with E-state index < -0.39 is 27.5 Å². The second-order valence-electron chi connectivity index (χ2n) is 5.29. The van der Waals surface area contributed by atoms with E-state index in [1.807, 2.05) is 19.6 Å². The number of hydrogen-bond donors (Lipinski definition) is 0. The molecule has 0 saturated carbocycles. The van der Waals surface area contributed by atoms with Gasteiger partial charge in [0.1, 0.15) is 0 Å². The first-order chi connectivity index (χ1) is 7.40. The lowest BCUT2D eigenvalue weighted by Gasteiger charge is -2.29. The summed E-state index contributed by atoms with van der Waals surface area (Å²) in [6.45, 7) is 12.1. The van der Waals surface area contributed by atoms with Gasteiger partial charge in [-0.3, -0.25) is 13.9 Å². The average molecular weight is 282 g/mol. The van der Waals surface area contributed by atoms with Crippen LogP contribution in [0.1, 0.15) is 20.8 Å². The Morgan fingerprint density at radius 3 is 2.12 bits per heavy atom. The molecule has 0 fully saturated rings. The normalized spacial score (nSPS) is 16.4. The maximum Gasteiger partial charge on any atom is 0.328 e. The van der Waals surface area contributed by atoms with E-state index in [4.69, 9.17) is 13.5 Å². The molecular weight excluding hydrogens is 259 g/mol. The summed E-state index contributed by atoms with van der Waals surface area (Å²) in [4.78, 5) is 11.9. The van der Waals surface area contributed by atoms with Crippen LogP contribution in [0.2, 0.25) is 19.6 Å². The predicted molar refractivity (Wildman–Crippen MR) is 69.8 cm³/mol. The largest absolute Gasteiger partial charge is 0.518 e. The van der Waals surface area contributed by atoms with E-state index >= 15 is 0 Å². The molecule has 0 aromatic heterocycles. The molecule has 0 amide bonds. The smallest absolute Gasteiger partial charge is 0.328 e. The molecule has 1 atom stereocenters. The van der Waals surface area contributed by atoms with Crippen LogP contribution >= 0.6 is 7.60 Å². The maximum absolute atomic E-state index is 11.9. The van der Waals surface area contributed by atoms with E-state index in [0.29, 0.717) is 0 Å². The summed E-state index contributed by atoms with van der Waals surface area (Å²) in [6.07, 6.45) is 0. The first kappa shape index (κ1) is 16.8. The van der Waals surface area contributed by atoms with Gasteiger partial charge in [0, 0.05) is 6.66 Å². The quantitative estimate of drug-likeness (QED) is 0.553.